The molecule has 0 heterocycles. The van der Waals surface area contributed by atoms with Crippen molar-refractivity contribution in [3.8, 4) is 5.75 Å². The van der Waals surface area contributed by atoms with Crippen molar-refractivity contribution in [2.24, 2.45) is 5.92 Å². The van der Waals surface area contributed by atoms with E-state index in [9.17, 15) is 22.9 Å². The maximum Gasteiger partial charge on any atom is 1.00 e. The Kier molecular flexibility index (Phi) is 8.71. The molecule has 0 spiro atoms. The fraction of sp³-hybridized carbons (Fsp3) is 0.269. The molecular formula is C26H27NaO5S. The summed E-state index contributed by atoms with van der Waals surface area (Å²) in [5.74, 6) is 0.0416. The van der Waals surface area contributed by atoms with E-state index < -0.39 is 10.1 Å². The van der Waals surface area contributed by atoms with Gasteiger partial charge in [-0.2, -0.15) is 0 Å². The van der Waals surface area contributed by atoms with E-state index in [1.807, 2.05) is 33.8 Å². The maximum atomic E-state index is 12.6. The number of ketones is 1. The van der Waals surface area contributed by atoms with E-state index in [0.29, 0.717) is 33.4 Å². The quantitative estimate of drug-likeness (QED) is 0.530. The van der Waals surface area contributed by atoms with Gasteiger partial charge < -0.3 is 9.66 Å². The van der Waals surface area contributed by atoms with Crippen molar-refractivity contribution < 1.29 is 52.4 Å². The predicted octanol–water partition coefficient (Wildman–Crippen LogP) is 2.34. The van der Waals surface area contributed by atoms with Crippen LogP contribution in [0.1, 0.15) is 57.2 Å². The summed E-state index contributed by atoms with van der Waals surface area (Å²) in [6, 6.07) is 11.2. The fourth-order valence-corrected chi connectivity index (χ4v) is 4.62. The van der Waals surface area contributed by atoms with E-state index in [0.717, 1.165) is 0 Å². The van der Waals surface area contributed by atoms with Gasteiger partial charge >= 0.3 is 29.6 Å². The summed E-state index contributed by atoms with van der Waals surface area (Å²) in [5, 5.41) is 10.3. The molecule has 33 heavy (non-hydrogen) atoms. The van der Waals surface area contributed by atoms with Crippen LogP contribution >= 0.6 is 0 Å². The number of aromatic hydroxyl groups is 1. The molecule has 0 aliphatic heterocycles. The van der Waals surface area contributed by atoms with Crippen molar-refractivity contribution in [2.75, 3.05) is 0 Å². The van der Waals surface area contributed by atoms with Crippen LogP contribution in [0.2, 0.25) is 0 Å². The molecule has 0 fully saturated rings. The average molecular weight is 475 g/mol. The topological polar surface area (TPSA) is 94.5 Å². The third-order valence-corrected chi connectivity index (χ3v) is 6.51. The normalized spacial score (nSPS) is 15.8. The Labute approximate surface area is 218 Å². The van der Waals surface area contributed by atoms with Gasteiger partial charge in [0.15, 0.2) is 5.78 Å². The molecule has 0 bridgehead atoms. The van der Waals surface area contributed by atoms with Crippen LogP contribution in [-0.2, 0) is 14.9 Å². The molecule has 0 saturated carbocycles. The molecule has 5 nitrogen and oxygen atoms in total. The summed E-state index contributed by atoms with van der Waals surface area (Å²) in [7, 11) is -4.76. The molecule has 1 N–H and O–H groups in total. The fourth-order valence-electron chi connectivity index (χ4n) is 3.94. The Morgan fingerprint density at radius 1 is 0.970 bits per heavy atom. The van der Waals surface area contributed by atoms with Gasteiger partial charge in [-0.3, -0.25) is 4.79 Å². The molecule has 0 amide bonds. The van der Waals surface area contributed by atoms with E-state index in [1.165, 1.54) is 12.1 Å². The predicted molar refractivity (Wildman–Crippen MR) is 124 cm³/mol. The molecule has 168 valence electrons. The maximum absolute atomic E-state index is 12.6. The minimum absolute atomic E-state index is 0. The van der Waals surface area contributed by atoms with Gasteiger partial charge in [-0.05, 0) is 77.0 Å². The Morgan fingerprint density at radius 3 is 2.18 bits per heavy atom. The molecular weight excluding hydrogens is 447 g/mol. The molecule has 1 aliphatic rings. The van der Waals surface area contributed by atoms with Gasteiger partial charge in [0.25, 0.3) is 0 Å². The van der Waals surface area contributed by atoms with Gasteiger partial charge in [0.05, 0.1) is 4.90 Å². The number of benzene rings is 2. The zero-order valence-electron chi connectivity index (χ0n) is 19.8. The zero-order chi connectivity index (χ0) is 23.8. The number of phenols is 1. The molecule has 3 rings (SSSR count). The monoisotopic (exact) mass is 474 g/mol. The van der Waals surface area contributed by atoms with Gasteiger partial charge in [0.2, 0.25) is 0 Å². The van der Waals surface area contributed by atoms with E-state index in [1.54, 1.807) is 43.3 Å². The van der Waals surface area contributed by atoms with Crippen molar-refractivity contribution in [3.05, 3.63) is 88.0 Å². The van der Waals surface area contributed by atoms with Crippen LogP contribution in [0.3, 0.4) is 0 Å². The second-order valence-electron chi connectivity index (χ2n) is 8.61. The molecule has 2 aromatic carbocycles. The van der Waals surface area contributed by atoms with Gasteiger partial charge in [-0.1, -0.05) is 52.0 Å². The Morgan fingerprint density at radius 2 is 1.61 bits per heavy atom. The van der Waals surface area contributed by atoms with Crippen LogP contribution < -0.4 is 29.6 Å². The van der Waals surface area contributed by atoms with Gasteiger partial charge in [0, 0.05) is 11.1 Å². The number of carbonyl (C=O) groups excluding carboxylic acids is 1. The van der Waals surface area contributed by atoms with Crippen LogP contribution in [0.5, 0.6) is 5.75 Å². The van der Waals surface area contributed by atoms with E-state index in [-0.39, 0.29) is 63.4 Å². The standard InChI is InChI=1S/C26H28O5S.Na/c1-15(2)20-13-18(10-11-23(20)27)26(19-8-6-7-9-25(19)32(29,30)31)22-14-21(16(3)4)24(28)12-17(22)5;/h6-16,27H,1-5H3,(H,29,30,31);/q;+1/p-1/b26-22-;. The van der Waals surface area contributed by atoms with Crippen molar-refractivity contribution in [1.29, 1.82) is 0 Å². The largest absolute Gasteiger partial charge is 1.00 e. The number of rotatable bonds is 5. The number of carbonyl (C=O) groups is 1. The van der Waals surface area contributed by atoms with Crippen molar-refractivity contribution in [2.45, 2.75) is 45.4 Å². The Bertz CT molecular complexity index is 1280. The summed E-state index contributed by atoms with van der Waals surface area (Å²) in [4.78, 5) is 12.2. The molecule has 0 radical (unpaired) electrons. The number of hydrogen-bond donors (Lipinski definition) is 1. The SMILES string of the molecule is CC1=CC(=O)C(C(C)C)=C/C1=C(\c1ccc(O)c(C(C)C)c1)c1ccccc1S(=O)(=O)[O-].[Na+]. The number of hydrogen-bond acceptors (Lipinski definition) is 5. The first kappa shape index (κ1) is 27.3. The van der Waals surface area contributed by atoms with Gasteiger partial charge in [-0.15, -0.1) is 0 Å². The Hall–Kier alpha value is -1.96. The van der Waals surface area contributed by atoms with Crippen molar-refractivity contribution in [1.82, 2.24) is 0 Å². The number of phenolic OH excluding ortho intramolecular Hbond substituents is 1. The zero-order valence-corrected chi connectivity index (χ0v) is 22.7. The molecule has 0 unspecified atom stereocenters. The van der Waals surface area contributed by atoms with Gasteiger partial charge in [-0.25, -0.2) is 8.42 Å². The van der Waals surface area contributed by atoms with Crippen molar-refractivity contribution in [3.63, 3.8) is 0 Å². The van der Waals surface area contributed by atoms with E-state index >= 15 is 0 Å². The van der Waals surface area contributed by atoms with Crippen LogP contribution in [0, 0.1) is 5.92 Å². The average Bonchev–Trinajstić information content (AvgIpc) is 2.70. The van der Waals surface area contributed by atoms with Crippen LogP contribution in [0.15, 0.2) is 76.2 Å². The number of allylic oxidation sites excluding steroid dienone is 5. The molecule has 1 aliphatic carbocycles. The Balaban J connectivity index is 0.00000385. The van der Waals surface area contributed by atoms with Crippen LogP contribution in [0.4, 0.5) is 0 Å². The second kappa shape index (κ2) is 10.5. The third-order valence-electron chi connectivity index (χ3n) is 5.61. The molecule has 7 heteroatoms. The van der Waals surface area contributed by atoms with Crippen molar-refractivity contribution >= 4 is 21.5 Å². The summed E-state index contributed by atoms with van der Waals surface area (Å²) in [6.07, 6.45) is 3.33. The van der Waals surface area contributed by atoms with E-state index in [2.05, 4.69) is 0 Å². The first-order valence-electron chi connectivity index (χ1n) is 10.5. The minimum Gasteiger partial charge on any atom is -0.744 e. The van der Waals surface area contributed by atoms with E-state index in [4.69, 9.17) is 0 Å². The summed E-state index contributed by atoms with van der Waals surface area (Å²) >= 11 is 0. The smallest absolute Gasteiger partial charge is 0.744 e. The molecule has 0 saturated heterocycles. The molecule has 0 atom stereocenters. The van der Waals surface area contributed by atoms with Gasteiger partial charge in [0.1, 0.15) is 15.9 Å². The first-order valence-corrected chi connectivity index (χ1v) is 11.9. The minimum atomic E-state index is -4.76. The third kappa shape index (κ3) is 5.76. The summed E-state index contributed by atoms with van der Waals surface area (Å²) in [6.45, 7) is 9.52. The molecule has 0 aromatic heterocycles. The molecule has 2 aromatic rings. The second-order valence-corrected chi connectivity index (χ2v) is 9.96. The first-order chi connectivity index (χ1) is 14.9. The van der Waals surface area contributed by atoms with Crippen LogP contribution in [0.25, 0.3) is 5.57 Å². The summed E-state index contributed by atoms with van der Waals surface area (Å²) in [5.41, 5.74) is 4.09. The van der Waals surface area contributed by atoms with Crippen LogP contribution in [-0.4, -0.2) is 23.9 Å². The summed E-state index contributed by atoms with van der Waals surface area (Å²) < 4.78 is 36.3.